The fourth-order valence-electron chi connectivity index (χ4n) is 1.69. The summed E-state index contributed by atoms with van der Waals surface area (Å²) >= 11 is 7.70. The van der Waals surface area contributed by atoms with Crippen LogP contribution < -0.4 is 5.32 Å². The molecule has 2 heterocycles. The molecule has 0 radical (unpaired) electrons. The maximum atomic E-state index is 6.03. The zero-order valence-corrected chi connectivity index (χ0v) is 12.0. The summed E-state index contributed by atoms with van der Waals surface area (Å²) in [6.45, 7) is 4.85. The number of thiazole rings is 1. The standard InChI is InChI=1S/C12H15ClN4S/c1-3-10-11(13)15-7-16-12(10)14-5-4-9-6-18-8(2)17-9/h6-7H,3-5H2,1-2H3,(H,14,15,16). The quantitative estimate of drug-likeness (QED) is 0.856. The van der Waals surface area contributed by atoms with Crippen molar-refractivity contribution in [1.82, 2.24) is 15.0 Å². The van der Waals surface area contributed by atoms with Crippen molar-refractivity contribution in [2.24, 2.45) is 0 Å². The van der Waals surface area contributed by atoms with Gasteiger partial charge in [0.15, 0.2) is 0 Å². The smallest absolute Gasteiger partial charge is 0.137 e. The molecule has 1 N–H and O–H groups in total. The number of halogens is 1. The van der Waals surface area contributed by atoms with Gasteiger partial charge in [-0.05, 0) is 13.3 Å². The van der Waals surface area contributed by atoms with Crippen molar-refractivity contribution in [1.29, 1.82) is 0 Å². The lowest BCUT2D eigenvalue weighted by atomic mass is 10.2. The van der Waals surface area contributed by atoms with Crippen LogP contribution in [0.2, 0.25) is 5.15 Å². The molecule has 0 saturated carbocycles. The topological polar surface area (TPSA) is 50.7 Å². The number of hydrogen-bond acceptors (Lipinski definition) is 5. The van der Waals surface area contributed by atoms with Gasteiger partial charge in [0.05, 0.1) is 10.7 Å². The Morgan fingerprint density at radius 1 is 1.39 bits per heavy atom. The molecule has 2 aromatic heterocycles. The predicted octanol–water partition coefficient (Wildman–Crippen LogP) is 3.11. The van der Waals surface area contributed by atoms with Crippen molar-refractivity contribution in [2.75, 3.05) is 11.9 Å². The Kier molecular flexibility index (Phi) is 4.49. The van der Waals surface area contributed by atoms with Gasteiger partial charge in [0.25, 0.3) is 0 Å². The Hall–Kier alpha value is -1.20. The van der Waals surface area contributed by atoms with Crippen LogP contribution in [0.4, 0.5) is 5.82 Å². The first-order valence-electron chi connectivity index (χ1n) is 5.85. The largest absolute Gasteiger partial charge is 0.369 e. The lowest BCUT2D eigenvalue weighted by molar-refractivity contribution is 0.944. The molecule has 6 heteroatoms. The third kappa shape index (κ3) is 3.17. The molecule has 0 aliphatic rings. The lowest BCUT2D eigenvalue weighted by Crippen LogP contribution is -2.09. The zero-order valence-electron chi connectivity index (χ0n) is 10.4. The Balaban J connectivity index is 1.96. The number of aromatic nitrogens is 3. The lowest BCUT2D eigenvalue weighted by Gasteiger charge is -2.09. The molecule has 0 aliphatic carbocycles. The second-order valence-electron chi connectivity index (χ2n) is 3.88. The van der Waals surface area contributed by atoms with Crippen molar-refractivity contribution in [2.45, 2.75) is 26.7 Å². The van der Waals surface area contributed by atoms with Crippen LogP contribution >= 0.6 is 22.9 Å². The molecule has 0 aromatic carbocycles. The third-order valence-corrected chi connectivity index (χ3v) is 3.73. The minimum absolute atomic E-state index is 0.527. The van der Waals surface area contributed by atoms with Crippen LogP contribution in [0.1, 0.15) is 23.2 Å². The summed E-state index contributed by atoms with van der Waals surface area (Å²) in [7, 11) is 0. The fourth-order valence-corrected chi connectivity index (χ4v) is 2.60. The molecule has 0 fully saturated rings. The van der Waals surface area contributed by atoms with E-state index in [9.17, 15) is 0 Å². The van der Waals surface area contributed by atoms with Crippen LogP contribution in [-0.2, 0) is 12.8 Å². The highest BCUT2D eigenvalue weighted by Crippen LogP contribution is 2.20. The van der Waals surface area contributed by atoms with Crippen molar-refractivity contribution in [3.8, 4) is 0 Å². The van der Waals surface area contributed by atoms with Gasteiger partial charge in [-0.25, -0.2) is 15.0 Å². The van der Waals surface area contributed by atoms with Crippen LogP contribution in [-0.4, -0.2) is 21.5 Å². The number of aryl methyl sites for hydroxylation is 1. The van der Waals surface area contributed by atoms with E-state index < -0.39 is 0 Å². The summed E-state index contributed by atoms with van der Waals surface area (Å²) < 4.78 is 0. The van der Waals surface area contributed by atoms with Crippen molar-refractivity contribution < 1.29 is 0 Å². The fraction of sp³-hybridized carbons (Fsp3) is 0.417. The van der Waals surface area contributed by atoms with E-state index in [1.165, 1.54) is 6.33 Å². The first-order valence-corrected chi connectivity index (χ1v) is 7.10. The molecule has 0 bridgehead atoms. The van der Waals surface area contributed by atoms with Gasteiger partial charge >= 0.3 is 0 Å². The normalized spacial score (nSPS) is 10.6. The average Bonchev–Trinajstić information content (AvgIpc) is 2.75. The summed E-state index contributed by atoms with van der Waals surface area (Å²) in [6.07, 6.45) is 3.18. The summed E-state index contributed by atoms with van der Waals surface area (Å²) in [6, 6.07) is 0. The molecule has 4 nitrogen and oxygen atoms in total. The van der Waals surface area contributed by atoms with E-state index in [-0.39, 0.29) is 0 Å². The molecule has 96 valence electrons. The average molecular weight is 283 g/mol. The van der Waals surface area contributed by atoms with Crippen LogP contribution in [0.3, 0.4) is 0 Å². The highest BCUT2D eigenvalue weighted by molar-refractivity contribution is 7.09. The zero-order chi connectivity index (χ0) is 13.0. The highest BCUT2D eigenvalue weighted by Gasteiger charge is 2.07. The summed E-state index contributed by atoms with van der Waals surface area (Å²) in [5.41, 5.74) is 2.08. The number of nitrogens with zero attached hydrogens (tertiary/aromatic N) is 3. The Labute approximate surface area is 115 Å². The van der Waals surface area contributed by atoms with Crippen LogP contribution in [0.5, 0.6) is 0 Å². The van der Waals surface area contributed by atoms with E-state index in [1.54, 1.807) is 11.3 Å². The molecule has 0 saturated heterocycles. The second-order valence-corrected chi connectivity index (χ2v) is 5.30. The van der Waals surface area contributed by atoms with E-state index in [1.807, 2.05) is 13.8 Å². The van der Waals surface area contributed by atoms with Gasteiger partial charge in [-0.2, -0.15) is 0 Å². The first kappa shape index (κ1) is 13.2. The van der Waals surface area contributed by atoms with E-state index in [0.29, 0.717) is 5.15 Å². The van der Waals surface area contributed by atoms with Gasteiger partial charge in [0.1, 0.15) is 17.3 Å². The Morgan fingerprint density at radius 2 is 2.22 bits per heavy atom. The van der Waals surface area contributed by atoms with Crippen molar-refractivity contribution in [3.05, 3.63) is 33.1 Å². The molecule has 18 heavy (non-hydrogen) atoms. The van der Waals surface area contributed by atoms with Crippen LogP contribution in [0.25, 0.3) is 0 Å². The maximum Gasteiger partial charge on any atom is 0.137 e. The second kappa shape index (κ2) is 6.11. The van der Waals surface area contributed by atoms with E-state index in [0.717, 1.165) is 41.5 Å². The number of hydrogen-bond donors (Lipinski definition) is 1. The van der Waals surface area contributed by atoms with Crippen LogP contribution in [0.15, 0.2) is 11.7 Å². The monoisotopic (exact) mass is 282 g/mol. The van der Waals surface area contributed by atoms with Gasteiger partial charge in [-0.3, -0.25) is 0 Å². The molecule has 0 aliphatic heterocycles. The van der Waals surface area contributed by atoms with Gasteiger partial charge in [-0.1, -0.05) is 18.5 Å². The third-order valence-electron chi connectivity index (χ3n) is 2.59. The number of nitrogens with one attached hydrogen (secondary N) is 1. The van der Waals surface area contributed by atoms with E-state index >= 15 is 0 Å². The minimum Gasteiger partial charge on any atom is -0.369 e. The van der Waals surface area contributed by atoms with Crippen molar-refractivity contribution in [3.63, 3.8) is 0 Å². The minimum atomic E-state index is 0.527. The number of rotatable bonds is 5. The van der Waals surface area contributed by atoms with Gasteiger partial charge in [-0.15, -0.1) is 11.3 Å². The molecule has 2 rings (SSSR count). The molecular formula is C12H15ClN4S. The molecule has 0 atom stereocenters. The summed E-state index contributed by atoms with van der Waals surface area (Å²) in [5.74, 6) is 0.824. The Bertz CT molecular complexity index is 527. The van der Waals surface area contributed by atoms with Gasteiger partial charge < -0.3 is 5.32 Å². The SMILES string of the molecule is CCc1c(Cl)ncnc1NCCc1csc(C)n1. The van der Waals surface area contributed by atoms with Crippen LogP contribution in [0, 0.1) is 6.92 Å². The highest BCUT2D eigenvalue weighted by atomic mass is 35.5. The molecule has 2 aromatic rings. The molecule has 0 amide bonds. The summed E-state index contributed by atoms with van der Waals surface area (Å²) in [4.78, 5) is 12.6. The Morgan fingerprint density at radius 3 is 2.89 bits per heavy atom. The first-order chi connectivity index (χ1) is 8.70. The van der Waals surface area contributed by atoms with E-state index in [2.05, 4.69) is 25.6 Å². The van der Waals surface area contributed by atoms with Gasteiger partial charge in [0.2, 0.25) is 0 Å². The van der Waals surface area contributed by atoms with Crippen molar-refractivity contribution >= 4 is 28.8 Å². The van der Waals surface area contributed by atoms with E-state index in [4.69, 9.17) is 11.6 Å². The van der Waals surface area contributed by atoms with Gasteiger partial charge in [0, 0.05) is 23.9 Å². The maximum absolute atomic E-state index is 6.03. The summed E-state index contributed by atoms with van der Waals surface area (Å²) in [5, 5.41) is 7.01. The molecule has 0 unspecified atom stereocenters. The molecular weight excluding hydrogens is 268 g/mol. The molecule has 0 spiro atoms. The number of anilines is 1. The predicted molar refractivity (Wildman–Crippen MR) is 75.5 cm³/mol.